The highest BCUT2D eigenvalue weighted by molar-refractivity contribution is 9.10. The van der Waals surface area contributed by atoms with E-state index in [2.05, 4.69) is 25.6 Å². The van der Waals surface area contributed by atoms with E-state index in [4.69, 9.17) is 5.26 Å². The first-order valence-electron chi connectivity index (χ1n) is 5.61. The van der Waals surface area contributed by atoms with E-state index in [0.717, 1.165) is 10.0 Å². The number of pyridine rings is 1. The molecule has 0 saturated heterocycles. The van der Waals surface area contributed by atoms with Crippen molar-refractivity contribution in [1.82, 2.24) is 4.98 Å². The van der Waals surface area contributed by atoms with Gasteiger partial charge in [0.05, 0.1) is 17.4 Å². The Morgan fingerprint density at radius 2 is 1.95 bits per heavy atom. The SMILES string of the molecule is N#CCc1ccc(S(=O)(=O)Nc2cc(Br)ccn2)cc1. The van der Waals surface area contributed by atoms with Crippen molar-refractivity contribution in [2.24, 2.45) is 0 Å². The van der Waals surface area contributed by atoms with Gasteiger partial charge in [-0.3, -0.25) is 4.72 Å². The Kier molecular flexibility index (Phi) is 4.37. The first-order chi connectivity index (χ1) is 9.51. The van der Waals surface area contributed by atoms with Gasteiger partial charge in [-0.25, -0.2) is 13.4 Å². The van der Waals surface area contributed by atoms with Crippen LogP contribution in [0.25, 0.3) is 0 Å². The molecule has 7 heteroatoms. The Morgan fingerprint density at radius 3 is 2.55 bits per heavy atom. The molecule has 0 amide bonds. The molecule has 0 unspecified atom stereocenters. The number of halogens is 1. The minimum Gasteiger partial charge on any atom is -0.263 e. The highest BCUT2D eigenvalue weighted by Gasteiger charge is 2.14. The fourth-order valence-corrected chi connectivity index (χ4v) is 2.87. The molecule has 1 N–H and O–H groups in total. The Balaban J connectivity index is 2.24. The summed E-state index contributed by atoms with van der Waals surface area (Å²) in [6, 6.07) is 11.4. The normalized spacial score (nSPS) is 10.8. The van der Waals surface area contributed by atoms with E-state index in [-0.39, 0.29) is 17.1 Å². The largest absolute Gasteiger partial charge is 0.263 e. The zero-order valence-corrected chi connectivity index (χ0v) is 12.6. The van der Waals surface area contributed by atoms with Gasteiger partial charge in [0.25, 0.3) is 10.0 Å². The number of rotatable bonds is 4. The minimum absolute atomic E-state index is 0.126. The second-order valence-electron chi connectivity index (χ2n) is 3.94. The number of hydrogen-bond donors (Lipinski definition) is 1. The van der Waals surface area contributed by atoms with Crippen molar-refractivity contribution in [3.05, 3.63) is 52.6 Å². The van der Waals surface area contributed by atoms with Crippen LogP contribution in [-0.4, -0.2) is 13.4 Å². The van der Waals surface area contributed by atoms with E-state index in [1.54, 1.807) is 24.3 Å². The molecule has 1 aromatic heterocycles. The van der Waals surface area contributed by atoms with Crippen molar-refractivity contribution in [3.63, 3.8) is 0 Å². The van der Waals surface area contributed by atoms with Crippen LogP contribution in [0.15, 0.2) is 52.0 Å². The molecule has 0 bridgehead atoms. The maximum absolute atomic E-state index is 12.2. The van der Waals surface area contributed by atoms with Crippen molar-refractivity contribution in [2.75, 3.05) is 4.72 Å². The predicted octanol–water partition coefficient (Wildman–Crippen LogP) is 2.71. The van der Waals surface area contributed by atoms with Gasteiger partial charge in [0.2, 0.25) is 0 Å². The number of sulfonamides is 1. The number of nitriles is 1. The van der Waals surface area contributed by atoms with E-state index in [1.165, 1.54) is 18.3 Å². The third-order valence-electron chi connectivity index (χ3n) is 2.48. The maximum atomic E-state index is 12.2. The van der Waals surface area contributed by atoms with Gasteiger partial charge >= 0.3 is 0 Å². The molecule has 5 nitrogen and oxygen atoms in total. The van der Waals surface area contributed by atoms with Crippen LogP contribution < -0.4 is 4.72 Å². The molecule has 20 heavy (non-hydrogen) atoms. The lowest BCUT2D eigenvalue weighted by molar-refractivity contribution is 0.601. The molecular weight excluding hydrogens is 342 g/mol. The van der Waals surface area contributed by atoms with Crippen LogP contribution in [0.2, 0.25) is 0 Å². The Labute approximate surface area is 125 Å². The van der Waals surface area contributed by atoms with Crippen molar-refractivity contribution in [1.29, 1.82) is 5.26 Å². The zero-order chi connectivity index (χ0) is 14.6. The first-order valence-corrected chi connectivity index (χ1v) is 7.89. The number of anilines is 1. The fraction of sp³-hybridized carbons (Fsp3) is 0.0769. The number of hydrogen-bond acceptors (Lipinski definition) is 4. The average Bonchev–Trinajstić information content (AvgIpc) is 2.39. The molecule has 0 saturated carbocycles. The van der Waals surface area contributed by atoms with Crippen LogP contribution in [0.3, 0.4) is 0 Å². The van der Waals surface area contributed by atoms with E-state index in [1.807, 2.05) is 6.07 Å². The van der Waals surface area contributed by atoms with Gasteiger partial charge in [-0.05, 0) is 29.8 Å². The second kappa shape index (κ2) is 6.03. The number of nitrogens with zero attached hydrogens (tertiary/aromatic N) is 2. The summed E-state index contributed by atoms with van der Waals surface area (Å²) in [6.45, 7) is 0. The molecule has 2 aromatic rings. The predicted molar refractivity (Wildman–Crippen MR) is 78.5 cm³/mol. The van der Waals surface area contributed by atoms with Crippen molar-refractivity contribution < 1.29 is 8.42 Å². The summed E-state index contributed by atoms with van der Waals surface area (Å²) in [6.07, 6.45) is 1.75. The summed E-state index contributed by atoms with van der Waals surface area (Å²) in [5.41, 5.74) is 0.770. The summed E-state index contributed by atoms with van der Waals surface area (Å²) in [5.74, 6) is 0.237. The van der Waals surface area contributed by atoms with Crippen LogP contribution in [0.1, 0.15) is 5.56 Å². The fourth-order valence-electron chi connectivity index (χ4n) is 1.53. The molecule has 0 aliphatic carbocycles. The summed E-state index contributed by atoms with van der Waals surface area (Å²) in [5, 5.41) is 8.58. The monoisotopic (exact) mass is 351 g/mol. The second-order valence-corrected chi connectivity index (χ2v) is 6.54. The van der Waals surface area contributed by atoms with Crippen LogP contribution >= 0.6 is 15.9 Å². The van der Waals surface area contributed by atoms with Gasteiger partial charge < -0.3 is 0 Å². The van der Waals surface area contributed by atoms with Gasteiger partial charge in [-0.15, -0.1) is 0 Å². The third-order valence-corrected chi connectivity index (χ3v) is 4.34. The quantitative estimate of drug-likeness (QED) is 0.917. The smallest absolute Gasteiger partial charge is 0.263 e. The average molecular weight is 352 g/mol. The van der Waals surface area contributed by atoms with Crippen molar-refractivity contribution in [3.8, 4) is 6.07 Å². The van der Waals surface area contributed by atoms with Crippen LogP contribution in [0.5, 0.6) is 0 Å². The Hall–Kier alpha value is -1.91. The lowest BCUT2D eigenvalue weighted by atomic mass is 10.2. The van der Waals surface area contributed by atoms with Crippen LogP contribution in [0, 0.1) is 11.3 Å². The number of benzene rings is 1. The number of nitrogens with one attached hydrogen (secondary N) is 1. The molecule has 1 heterocycles. The van der Waals surface area contributed by atoms with Gasteiger partial charge in [0.15, 0.2) is 0 Å². The molecule has 0 aliphatic heterocycles. The third kappa shape index (κ3) is 3.56. The van der Waals surface area contributed by atoms with E-state index in [9.17, 15) is 8.42 Å². The lowest BCUT2D eigenvalue weighted by Crippen LogP contribution is -2.13. The Bertz CT molecular complexity index is 752. The van der Waals surface area contributed by atoms with Gasteiger partial charge in [-0.2, -0.15) is 5.26 Å². The molecule has 0 atom stereocenters. The van der Waals surface area contributed by atoms with Crippen molar-refractivity contribution >= 4 is 31.8 Å². The minimum atomic E-state index is -3.68. The van der Waals surface area contributed by atoms with Gasteiger partial charge in [0.1, 0.15) is 5.82 Å². The molecule has 0 aliphatic rings. The molecule has 102 valence electrons. The van der Waals surface area contributed by atoms with Gasteiger partial charge in [0, 0.05) is 10.7 Å². The highest BCUT2D eigenvalue weighted by Crippen LogP contribution is 2.18. The topological polar surface area (TPSA) is 82.8 Å². The number of aromatic nitrogens is 1. The maximum Gasteiger partial charge on any atom is 0.263 e. The van der Waals surface area contributed by atoms with Gasteiger partial charge in [-0.1, -0.05) is 28.1 Å². The lowest BCUT2D eigenvalue weighted by Gasteiger charge is -2.07. The summed E-state index contributed by atoms with van der Waals surface area (Å²) in [4.78, 5) is 4.06. The standard InChI is InChI=1S/C13H10BrN3O2S/c14-11-6-8-16-13(9-11)17-20(18,19)12-3-1-10(2-4-12)5-7-15/h1-4,6,8-9H,5H2,(H,16,17). The molecule has 0 radical (unpaired) electrons. The summed E-state index contributed by atoms with van der Waals surface area (Å²) >= 11 is 3.25. The zero-order valence-electron chi connectivity index (χ0n) is 10.2. The molecular formula is C13H10BrN3O2S. The van der Waals surface area contributed by atoms with Crippen LogP contribution in [0.4, 0.5) is 5.82 Å². The van der Waals surface area contributed by atoms with E-state index in [0.29, 0.717) is 0 Å². The molecule has 1 aromatic carbocycles. The molecule has 0 spiro atoms. The Morgan fingerprint density at radius 1 is 1.25 bits per heavy atom. The van der Waals surface area contributed by atoms with E-state index >= 15 is 0 Å². The molecule has 0 fully saturated rings. The van der Waals surface area contributed by atoms with Crippen LogP contribution in [-0.2, 0) is 16.4 Å². The molecule has 2 rings (SSSR count). The highest BCUT2D eigenvalue weighted by atomic mass is 79.9. The van der Waals surface area contributed by atoms with E-state index < -0.39 is 10.0 Å². The van der Waals surface area contributed by atoms with Crippen molar-refractivity contribution in [2.45, 2.75) is 11.3 Å². The first kappa shape index (κ1) is 14.5. The summed E-state index contributed by atoms with van der Waals surface area (Å²) < 4.78 is 27.4. The summed E-state index contributed by atoms with van der Waals surface area (Å²) in [7, 11) is -3.68.